The second-order valence-corrected chi connectivity index (χ2v) is 15.2. The molecule has 0 saturated carbocycles. The van der Waals surface area contributed by atoms with Gasteiger partial charge in [-0.3, -0.25) is 15.0 Å². The van der Waals surface area contributed by atoms with Gasteiger partial charge in [0.25, 0.3) is 5.91 Å². The maximum atomic E-state index is 13.5. The van der Waals surface area contributed by atoms with Gasteiger partial charge in [-0.25, -0.2) is 24.4 Å². The van der Waals surface area contributed by atoms with E-state index in [0.717, 1.165) is 46.4 Å². The van der Waals surface area contributed by atoms with Gasteiger partial charge in [-0.1, -0.05) is 62.7 Å². The molecule has 1 atom stereocenters. The number of rotatable bonds is 13. The standard InChI is InChI=1S/C43H48N10O5/c1-28-9-11-30(12-10-28)53-40(22-37(51-53)43(2,3)4)50-42(56)48-34-13-14-36(33-8-6-5-7-32(33)34)58-27-29-15-16-44-38(21-29)49-39-25-45-35(24-46-39)41(55)47-23-31(54)26-52-17-19-57-20-18-52/h5-16,21-22,24-25,31,54H,17-20,23,26-27H2,1-4H3,(H,47,55)(H,44,46,49)(H2,48,50,56). The summed E-state index contributed by atoms with van der Waals surface area (Å²) in [4.78, 5) is 41.2. The van der Waals surface area contributed by atoms with Crippen molar-refractivity contribution in [2.45, 2.75) is 45.8 Å². The number of aromatic nitrogens is 5. The number of anilines is 4. The average molecular weight is 785 g/mol. The monoisotopic (exact) mass is 784 g/mol. The van der Waals surface area contributed by atoms with Gasteiger partial charge in [0.15, 0.2) is 0 Å². The van der Waals surface area contributed by atoms with Gasteiger partial charge in [-0.15, -0.1) is 0 Å². The molecule has 7 rings (SSSR count). The Morgan fingerprint density at radius 1 is 0.897 bits per heavy atom. The van der Waals surface area contributed by atoms with E-state index < -0.39 is 18.0 Å². The lowest BCUT2D eigenvalue weighted by Crippen LogP contribution is -2.44. The molecule has 1 fully saturated rings. The highest BCUT2D eigenvalue weighted by Gasteiger charge is 2.22. The van der Waals surface area contributed by atoms with Gasteiger partial charge in [0, 0.05) is 54.6 Å². The lowest BCUT2D eigenvalue weighted by Gasteiger charge is -2.28. The number of aliphatic hydroxyl groups is 1. The second-order valence-electron chi connectivity index (χ2n) is 15.2. The smallest absolute Gasteiger partial charge is 0.324 e. The van der Waals surface area contributed by atoms with E-state index in [1.54, 1.807) is 10.9 Å². The number of ether oxygens (including phenoxy) is 2. The van der Waals surface area contributed by atoms with Crippen LogP contribution in [0.25, 0.3) is 16.5 Å². The number of aryl methyl sites for hydroxylation is 1. The number of benzene rings is 3. The molecule has 6 aromatic rings. The summed E-state index contributed by atoms with van der Waals surface area (Å²) in [6.07, 6.45) is 3.78. The molecular formula is C43H48N10O5. The van der Waals surface area contributed by atoms with Crippen molar-refractivity contribution < 1.29 is 24.2 Å². The summed E-state index contributed by atoms with van der Waals surface area (Å²) in [5.74, 6) is 1.71. The first-order valence-electron chi connectivity index (χ1n) is 19.2. The number of pyridine rings is 1. The summed E-state index contributed by atoms with van der Waals surface area (Å²) >= 11 is 0. The first-order chi connectivity index (χ1) is 28.0. The van der Waals surface area contributed by atoms with E-state index >= 15 is 0 Å². The van der Waals surface area contributed by atoms with Gasteiger partial charge < -0.3 is 30.5 Å². The van der Waals surface area contributed by atoms with Crippen LogP contribution >= 0.6 is 0 Å². The van der Waals surface area contributed by atoms with Gasteiger partial charge >= 0.3 is 6.03 Å². The van der Waals surface area contributed by atoms with Crippen LogP contribution in [-0.2, 0) is 16.8 Å². The quantitative estimate of drug-likeness (QED) is 0.0899. The number of fused-ring (bicyclic) bond motifs is 1. The maximum Gasteiger partial charge on any atom is 0.324 e. The molecule has 0 bridgehead atoms. The number of hydrogen-bond acceptors (Lipinski definition) is 11. The maximum absolute atomic E-state index is 13.5. The summed E-state index contributed by atoms with van der Waals surface area (Å²) in [6.45, 7) is 11.9. The van der Waals surface area contributed by atoms with Crippen molar-refractivity contribution in [3.05, 3.63) is 120 Å². The number of carbonyl (C=O) groups is 2. The molecule has 1 saturated heterocycles. The minimum Gasteiger partial charge on any atom is -0.488 e. The van der Waals surface area contributed by atoms with Crippen molar-refractivity contribution in [2.24, 2.45) is 0 Å². The summed E-state index contributed by atoms with van der Waals surface area (Å²) in [5.41, 5.74) is 4.22. The van der Waals surface area contributed by atoms with Gasteiger partial charge in [-0.05, 0) is 48.9 Å². The molecule has 0 aliphatic carbocycles. The Kier molecular flexibility index (Phi) is 12.2. The van der Waals surface area contributed by atoms with E-state index in [2.05, 4.69) is 61.9 Å². The zero-order valence-electron chi connectivity index (χ0n) is 33.0. The van der Waals surface area contributed by atoms with Crippen LogP contribution in [0.5, 0.6) is 5.75 Å². The fraction of sp³-hybridized carbons (Fsp3) is 0.302. The van der Waals surface area contributed by atoms with E-state index in [1.807, 2.05) is 85.8 Å². The topological polar surface area (TPSA) is 181 Å². The van der Waals surface area contributed by atoms with Crippen LogP contribution in [0.2, 0.25) is 0 Å². The van der Waals surface area contributed by atoms with Crippen LogP contribution in [-0.4, -0.2) is 92.2 Å². The highest BCUT2D eigenvalue weighted by Crippen LogP contribution is 2.33. The molecular weight excluding hydrogens is 737 g/mol. The van der Waals surface area contributed by atoms with Gasteiger partial charge in [0.1, 0.15) is 35.5 Å². The van der Waals surface area contributed by atoms with Crippen molar-refractivity contribution in [1.82, 2.24) is 34.9 Å². The van der Waals surface area contributed by atoms with Crippen LogP contribution in [0.1, 0.15) is 48.1 Å². The van der Waals surface area contributed by atoms with Crippen molar-refractivity contribution in [3.63, 3.8) is 0 Å². The molecule has 1 aliphatic rings. The Morgan fingerprint density at radius 3 is 2.41 bits per heavy atom. The van der Waals surface area contributed by atoms with Crippen LogP contribution in [0.15, 0.2) is 97.5 Å². The van der Waals surface area contributed by atoms with E-state index in [1.165, 1.54) is 12.4 Å². The lowest BCUT2D eigenvalue weighted by atomic mass is 9.92. The molecule has 15 nitrogen and oxygen atoms in total. The number of amides is 3. The number of urea groups is 1. The Labute approximate surface area is 336 Å². The third-order valence-electron chi connectivity index (χ3n) is 9.56. The lowest BCUT2D eigenvalue weighted by molar-refractivity contribution is 0.0149. The minimum absolute atomic E-state index is 0.104. The predicted octanol–water partition coefficient (Wildman–Crippen LogP) is 6.21. The van der Waals surface area contributed by atoms with E-state index in [-0.39, 0.29) is 24.3 Å². The molecule has 0 radical (unpaired) electrons. The Bertz CT molecular complexity index is 2350. The van der Waals surface area contributed by atoms with Crippen molar-refractivity contribution in [3.8, 4) is 11.4 Å². The summed E-state index contributed by atoms with van der Waals surface area (Å²) < 4.78 is 13.4. The van der Waals surface area contributed by atoms with Crippen molar-refractivity contribution >= 4 is 45.9 Å². The molecule has 4 heterocycles. The van der Waals surface area contributed by atoms with Gasteiger partial charge in [-0.2, -0.15) is 5.10 Å². The highest BCUT2D eigenvalue weighted by molar-refractivity contribution is 6.07. The normalized spacial score (nSPS) is 13.8. The van der Waals surface area contributed by atoms with Crippen molar-refractivity contribution in [2.75, 3.05) is 55.3 Å². The van der Waals surface area contributed by atoms with Crippen LogP contribution in [0.3, 0.4) is 0 Å². The number of hydrogen-bond donors (Lipinski definition) is 5. The largest absolute Gasteiger partial charge is 0.488 e. The molecule has 58 heavy (non-hydrogen) atoms. The van der Waals surface area contributed by atoms with Gasteiger partial charge in [0.05, 0.1) is 48.8 Å². The predicted molar refractivity (Wildman–Crippen MR) is 223 cm³/mol. The molecule has 3 aromatic carbocycles. The fourth-order valence-electron chi connectivity index (χ4n) is 6.38. The SMILES string of the molecule is Cc1ccc(-n2nc(C(C)(C)C)cc2NC(=O)Nc2ccc(OCc3ccnc(Nc4cnc(C(=O)NCC(O)CN5CCOCC5)cn4)c3)c3ccccc23)cc1. The molecule has 300 valence electrons. The summed E-state index contributed by atoms with van der Waals surface area (Å²) in [6, 6.07) is 24.6. The van der Waals surface area contributed by atoms with Gasteiger partial charge in [0.2, 0.25) is 0 Å². The Balaban J connectivity index is 0.960. The Hall–Kier alpha value is -6.42. The molecule has 15 heteroatoms. The Morgan fingerprint density at radius 2 is 1.67 bits per heavy atom. The molecule has 1 unspecified atom stereocenters. The number of carbonyl (C=O) groups excluding carboxylic acids is 2. The molecule has 1 aliphatic heterocycles. The number of nitrogens with zero attached hydrogens (tertiary/aromatic N) is 6. The average Bonchev–Trinajstić information content (AvgIpc) is 3.65. The third-order valence-corrected chi connectivity index (χ3v) is 9.56. The second kappa shape index (κ2) is 17.8. The molecule has 3 amide bonds. The van der Waals surface area contributed by atoms with Crippen molar-refractivity contribution in [1.29, 1.82) is 0 Å². The molecule has 0 spiro atoms. The van der Waals surface area contributed by atoms with Crippen LogP contribution in [0, 0.1) is 6.92 Å². The van der Waals surface area contributed by atoms with E-state index in [0.29, 0.717) is 48.6 Å². The minimum atomic E-state index is -0.706. The number of morpholine rings is 1. The first kappa shape index (κ1) is 39.8. The highest BCUT2D eigenvalue weighted by atomic mass is 16.5. The number of nitrogens with one attached hydrogen (secondary N) is 4. The number of β-amino-alcohol motifs (C(OH)–C–C–N with tert-alkyl or cyclic N) is 1. The first-order valence-corrected chi connectivity index (χ1v) is 19.2. The van der Waals surface area contributed by atoms with E-state index in [4.69, 9.17) is 14.6 Å². The van der Waals surface area contributed by atoms with Crippen LogP contribution in [0.4, 0.5) is 27.9 Å². The zero-order chi connectivity index (χ0) is 40.6. The number of aliphatic hydroxyl groups excluding tert-OH is 1. The summed E-state index contributed by atoms with van der Waals surface area (Å²) in [5, 5.41) is 28.7. The fourth-order valence-corrected chi connectivity index (χ4v) is 6.38. The third kappa shape index (κ3) is 10.1. The molecule has 3 aromatic heterocycles. The zero-order valence-corrected chi connectivity index (χ0v) is 33.0. The van der Waals surface area contributed by atoms with Crippen LogP contribution < -0.4 is 26.0 Å². The van der Waals surface area contributed by atoms with E-state index in [9.17, 15) is 14.7 Å². The molecule has 5 N–H and O–H groups in total. The summed E-state index contributed by atoms with van der Waals surface area (Å²) in [7, 11) is 0.